The molecule has 88 valence electrons. The van der Waals surface area contributed by atoms with Crippen LogP contribution in [0.2, 0.25) is 0 Å². The van der Waals surface area contributed by atoms with Crippen molar-refractivity contribution >= 4 is 12.3 Å². The second kappa shape index (κ2) is 5.66. The van der Waals surface area contributed by atoms with Crippen LogP contribution in [0.5, 0.6) is 5.75 Å². The first-order valence-electron chi connectivity index (χ1n) is 4.99. The van der Waals surface area contributed by atoms with Gasteiger partial charge in [0.25, 0.3) is 0 Å². The van der Waals surface area contributed by atoms with Gasteiger partial charge in [-0.2, -0.15) is 5.26 Å². The molecule has 0 aliphatic rings. The first-order chi connectivity index (χ1) is 8.13. The van der Waals surface area contributed by atoms with Crippen molar-refractivity contribution in [2.24, 2.45) is 0 Å². The Morgan fingerprint density at radius 1 is 1.59 bits per heavy atom. The van der Waals surface area contributed by atoms with E-state index in [1.54, 1.807) is 6.92 Å². The van der Waals surface area contributed by atoms with Gasteiger partial charge in [-0.25, -0.2) is 0 Å². The van der Waals surface area contributed by atoms with E-state index in [9.17, 15) is 14.7 Å². The van der Waals surface area contributed by atoms with Crippen LogP contribution < -0.4 is 0 Å². The number of carbonyl (C=O) groups excluding carboxylic acids is 2. The predicted molar refractivity (Wildman–Crippen MR) is 58.5 cm³/mol. The molecule has 17 heavy (non-hydrogen) atoms. The molecular weight excluding hydrogens is 222 g/mol. The van der Waals surface area contributed by atoms with Crippen LogP contribution in [0.3, 0.4) is 0 Å². The zero-order chi connectivity index (χ0) is 12.8. The van der Waals surface area contributed by atoms with Crippen LogP contribution in [0.4, 0.5) is 0 Å². The summed E-state index contributed by atoms with van der Waals surface area (Å²) in [5.74, 6) is -0.894. The average Bonchev–Trinajstić information content (AvgIpc) is 2.32. The zero-order valence-corrected chi connectivity index (χ0v) is 9.27. The molecule has 1 aromatic rings. The molecule has 0 radical (unpaired) electrons. The number of nitrogens with zero attached hydrogens (tertiary/aromatic N) is 1. The minimum Gasteiger partial charge on any atom is -0.507 e. The Hall–Kier alpha value is -2.35. The highest BCUT2D eigenvalue weighted by Gasteiger charge is 2.16. The van der Waals surface area contributed by atoms with Gasteiger partial charge in [0.2, 0.25) is 0 Å². The summed E-state index contributed by atoms with van der Waals surface area (Å²) in [6.07, 6.45) is 0.232. The Kier molecular flexibility index (Phi) is 4.23. The number of carbonyl (C=O) groups is 2. The fourth-order valence-corrected chi connectivity index (χ4v) is 1.39. The monoisotopic (exact) mass is 233 g/mol. The maximum Gasteiger partial charge on any atom is 0.310 e. The lowest BCUT2D eigenvalue weighted by atomic mass is 10.0. The van der Waals surface area contributed by atoms with Crippen molar-refractivity contribution in [3.05, 3.63) is 28.8 Å². The number of benzene rings is 1. The first-order valence-corrected chi connectivity index (χ1v) is 4.99. The number of rotatable bonds is 4. The Morgan fingerprint density at radius 3 is 2.82 bits per heavy atom. The van der Waals surface area contributed by atoms with Gasteiger partial charge in [0, 0.05) is 5.56 Å². The van der Waals surface area contributed by atoms with E-state index < -0.39 is 5.97 Å². The number of esters is 1. The third-order valence-corrected chi connectivity index (χ3v) is 2.19. The van der Waals surface area contributed by atoms with Gasteiger partial charge < -0.3 is 9.84 Å². The normalized spacial score (nSPS) is 9.41. The third-order valence-electron chi connectivity index (χ3n) is 2.19. The topological polar surface area (TPSA) is 87.4 Å². The van der Waals surface area contributed by atoms with Crippen LogP contribution in [0.15, 0.2) is 12.1 Å². The largest absolute Gasteiger partial charge is 0.507 e. The number of hydrogen-bond acceptors (Lipinski definition) is 5. The van der Waals surface area contributed by atoms with E-state index in [-0.39, 0.29) is 35.5 Å². The molecule has 0 bridgehead atoms. The summed E-state index contributed by atoms with van der Waals surface area (Å²) in [7, 11) is 0. The zero-order valence-electron chi connectivity index (χ0n) is 9.27. The molecule has 0 atom stereocenters. The second-order valence-corrected chi connectivity index (χ2v) is 3.24. The van der Waals surface area contributed by atoms with Gasteiger partial charge in [0.05, 0.1) is 30.2 Å². The smallest absolute Gasteiger partial charge is 0.310 e. The molecule has 0 fully saturated rings. The van der Waals surface area contributed by atoms with E-state index >= 15 is 0 Å². The maximum absolute atomic E-state index is 11.3. The van der Waals surface area contributed by atoms with Gasteiger partial charge in [0.1, 0.15) is 5.75 Å². The SMILES string of the molecule is CCOC(=O)Cc1c(C#N)ccc(C=O)c1O. The number of phenols is 1. The Balaban J connectivity index is 3.15. The molecule has 0 amide bonds. The standard InChI is InChI=1S/C12H11NO4/c1-2-17-11(15)5-10-8(6-13)3-4-9(7-14)12(10)16/h3-4,7,16H,2,5H2,1H3. The summed E-state index contributed by atoms with van der Waals surface area (Å²) in [5, 5.41) is 18.6. The summed E-state index contributed by atoms with van der Waals surface area (Å²) in [5.41, 5.74) is 0.319. The maximum atomic E-state index is 11.3. The Labute approximate surface area is 98.2 Å². The molecule has 0 saturated heterocycles. The van der Waals surface area contributed by atoms with Gasteiger partial charge in [-0.15, -0.1) is 0 Å². The van der Waals surface area contributed by atoms with Crippen molar-refractivity contribution in [1.29, 1.82) is 5.26 Å². The van der Waals surface area contributed by atoms with E-state index in [1.165, 1.54) is 12.1 Å². The fourth-order valence-electron chi connectivity index (χ4n) is 1.39. The van der Waals surface area contributed by atoms with E-state index in [0.717, 1.165) is 0 Å². The van der Waals surface area contributed by atoms with Crippen molar-refractivity contribution in [3.63, 3.8) is 0 Å². The highest BCUT2D eigenvalue weighted by molar-refractivity contribution is 5.83. The van der Waals surface area contributed by atoms with Gasteiger partial charge in [-0.1, -0.05) is 0 Å². The Bertz CT molecular complexity index is 488. The molecule has 1 N–H and O–H groups in total. The van der Waals surface area contributed by atoms with E-state index in [0.29, 0.717) is 6.29 Å². The van der Waals surface area contributed by atoms with Gasteiger partial charge in [0.15, 0.2) is 6.29 Å². The fraction of sp³-hybridized carbons (Fsp3) is 0.250. The lowest BCUT2D eigenvalue weighted by molar-refractivity contribution is -0.142. The number of nitriles is 1. The minimum atomic E-state index is -0.553. The summed E-state index contributed by atoms with van der Waals surface area (Å²) in [6, 6.07) is 4.57. The summed E-state index contributed by atoms with van der Waals surface area (Å²) >= 11 is 0. The van der Waals surface area contributed by atoms with E-state index in [2.05, 4.69) is 0 Å². The van der Waals surface area contributed by atoms with Crippen molar-refractivity contribution in [2.75, 3.05) is 6.61 Å². The molecule has 1 aromatic carbocycles. The van der Waals surface area contributed by atoms with Crippen molar-refractivity contribution in [2.45, 2.75) is 13.3 Å². The van der Waals surface area contributed by atoms with Crippen LogP contribution in [0, 0.1) is 11.3 Å². The number of aldehydes is 1. The van der Waals surface area contributed by atoms with Crippen molar-refractivity contribution in [3.8, 4) is 11.8 Å². The first kappa shape index (κ1) is 12.7. The second-order valence-electron chi connectivity index (χ2n) is 3.24. The third kappa shape index (κ3) is 2.82. The molecular formula is C12H11NO4. The molecule has 5 heteroatoms. The molecule has 5 nitrogen and oxygen atoms in total. The predicted octanol–water partition coefficient (Wildman–Crippen LogP) is 1.18. The molecule has 0 spiro atoms. The highest BCUT2D eigenvalue weighted by Crippen LogP contribution is 2.25. The van der Waals surface area contributed by atoms with Crippen LogP contribution in [-0.4, -0.2) is 24.0 Å². The Morgan fingerprint density at radius 2 is 2.29 bits per heavy atom. The molecule has 0 heterocycles. The molecule has 0 unspecified atom stereocenters. The number of aromatic hydroxyl groups is 1. The van der Waals surface area contributed by atoms with Crippen LogP contribution in [-0.2, 0) is 16.0 Å². The van der Waals surface area contributed by atoms with Crippen LogP contribution >= 0.6 is 0 Å². The summed E-state index contributed by atoms with van der Waals surface area (Å²) in [4.78, 5) is 21.9. The van der Waals surface area contributed by atoms with E-state index in [4.69, 9.17) is 10.00 Å². The quantitative estimate of drug-likeness (QED) is 0.623. The van der Waals surface area contributed by atoms with Gasteiger partial charge in [-0.05, 0) is 19.1 Å². The highest BCUT2D eigenvalue weighted by atomic mass is 16.5. The molecule has 1 rings (SSSR count). The molecule has 0 aliphatic heterocycles. The summed E-state index contributed by atoms with van der Waals surface area (Å²) < 4.78 is 4.73. The lowest BCUT2D eigenvalue weighted by Crippen LogP contribution is -2.09. The van der Waals surface area contributed by atoms with Crippen LogP contribution in [0.1, 0.15) is 28.4 Å². The molecule has 0 aliphatic carbocycles. The van der Waals surface area contributed by atoms with Gasteiger partial charge >= 0.3 is 5.97 Å². The average molecular weight is 233 g/mol. The molecule has 0 saturated carbocycles. The van der Waals surface area contributed by atoms with Crippen molar-refractivity contribution < 1.29 is 19.4 Å². The molecule has 0 aromatic heterocycles. The number of ether oxygens (including phenoxy) is 1. The summed E-state index contributed by atoms with van der Waals surface area (Å²) in [6.45, 7) is 1.87. The van der Waals surface area contributed by atoms with E-state index in [1.807, 2.05) is 6.07 Å². The van der Waals surface area contributed by atoms with Crippen molar-refractivity contribution in [1.82, 2.24) is 0 Å². The van der Waals surface area contributed by atoms with Crippen LogP contribution in [0.25, 0.3) is 0 Å². The number of phenolic OH excluding ortho intramolecular Hbond substituents is 1. The van der Waals surface area contributed by atoms with Gasteiger partial charge in [-0.3, -0.25) is 9.59 Å². The lowest BCUT2D eigenvalue weighted by Gasteiger charge is -2.08. The minimum absolute atomic E-state index is 0.0447. The number of hydrogen-bond donors (Lipinski definition) is 1.